The van der Waals surface area contributed by atoms with Crippen LogP contribution in [0.4, 0.5) is 20.7 Å². The Kier molecular flexibility index (Phi) is 5.95. The number of hydrogen-bond donors (Lipinski definition) is 2. The van der Waals surface area contributed by atoms with Crippen molar-refractivity contribution in [3.8, 4) is 11.8 Å². The van der Waals surface area contributed by atoms with Crippen LogP contribution in [0, 0.1) is 24.1 Å². The molecule has 0 saturated heterocycles. The van der Waals surface area contributed by atoms with Crippen molar-refractivity contribution in [2.75, 3.05) is 10.6 Å². The number of hydrogen-bond acceptors (Lipinski definition) is 4. The highest BCUT2D eigenvalue weighted by atomic mass is 19.1. The number of halogens is 1. The summed E-state index contributed by atoms with van der Waals surface area (Å²) in [6.45, 7) is 5.95. The van der Waals surface area contributed by atoms with E-state index in [1.165, 1.54) is 18.2 Å². The molecule has 1 aromatic heterocycles. The Morgan fingerprint density at radius 2 is 2.16 bits per heavy atom. The Balaban J connectivity index is 2.08. The van der Waals surface area contributed by atoms with E-state index in [-0.39, 0.29) is 11.8 Å². The van der Waals surface area contributed by atoms with Crippen LogP contribution in [-0.2, 0) is 6.54 Å². The Morgan fingerprint density at radius 1 is 1.40 bits per heavy atom. The minimum Gasteiger partial charge on any atom is -0.489 e. The quantitative estimate of drug-likeness (QED) is 0.835. The molecule has 2 N–H and O–H groups in total. The van der Waals surface area contributed by atoms with E-state index in [4.69, 9.17) is 10.00 Å². The summed E-state index contributed by atoms with van der Waals surface area (Å²) in [4.78, 5) is 12.2. The molecule has 1 aromatic carbocycles. The number of nitriles is 1. The first-order chi connectivity index (χ1) is 11.9. The van der Waals surface area contributed by atoms with Gasteiger partial charge in [0.2, 0.25) is 0 Å². The van der Waals surface area contributed by atoms with Crippen molar-refractivity contribution in [3.63, 3.8) is 0 Å². The molecule has 0 unspecified atom stereocenters. The topological polar surface area (TPSA) is 92.0 Å². The van der Waals surface area contributed by atoms with Crippen LogP contribution >= 0.6 is 0 Å². The second kappa shape index (κ2) is 8.15. The number of benzene rings is 1. The van der Waals surface area contributed by atoms with Gasteiger partial charge in [-0.3, -0.25) is 10.00 Å². The van der Waals surface area contributed by atoms with Gasteiger partial charge in [0.05, 0.1) is 30.8 Å². The highest BCUT2D eigenvalue weighted by Gasteiger charge is 2.12. The van der Waals surface area contributed by atoms with Gasteiger partial charge >= 0.3 is 6.03 Å². The summed E-state index contributed by atoms with van der Waals surface area (Å²) in [5.74, 6) is 0.237. The summed E-state index contributed by atoms with van der Waals surface area (Å²) >= 11 is 0. The molecule has 0 fully saturated rings. The van der Waals surface area contributed by atoms with Crippen LogP contribution in [0.3, 0.4) is 0 Å². The smallest absolute Gasteiger partial charge is 0.325 e. The van der Waals surface area contributed by atoms with Crippen LogP contribution in [0.2, 0.25) is 0 Å². The van der Waals surface area contributed by atoms with Crippen LogP contribution in [0.15, 0.2) is 24.3 Å². The third-order valence-electron chi connectivity index (χ3n) is 3.21. The molecular formula is C17H20FN5O2. The summed E-state index contributed by atoms with van der Waals surface area (Å²) < 4.78 is 20.7. The lowest BCUT2D eigenvalue weighted by Crippen LogP contribution is -2.21. The lowest BCUT2D eigenvalue weighted by atomic mass is 10.2. The van der Waals surface area contributed by atoms with Crippen LogP contribution < -0.4 is 15.4 Å². The molecule has 0 bridgehead atoms. The van der Waals surface area contributed by atoms with Crippen molar-refractivity contribution in [2.45, 2.75) is 39.8 Å². The van der Waals surface area contributed by atoms with Gasteiger partial charge in [0.1, 0.15) is 11.6 Å². The molecule has 8 heteroatoms. The van der Waals surface area contributed by atoms with Gasteiger partial charge in [-0.1, -0.05) is 0 Å². The van der Waals surface area contributed by atoms with E-state index < -0.39 is 11.8 Å². The van der Waals surface area contributed by atoms with Crippen molar-refractivity contribution in [1.29, 1.82) is 5.26 Å². The zero-order valence-electron chi connectivity index (χ0n) is 14.3. The number of nitrogens with zero attached hydrogens (tertiary/aromatic N) is 3. The second-order valence-corrected chi connectivity index (χ2v) is 5.69. The molecule has 0 aliphatic rings. The van der Waals surface area contributed by atoms with Gasteiger partial charge in [0, 0.05) is 17.8 Å². The van der Waals surface area contributed by atoms with E-state index in [1.807, 2.05) is 26.8 Å². The normalized spacial score (nSPS) is 10.4. The summed E-state index contributed by atoms with van der Waals surface area (Å²) in [5, 5.41) is 18.0. The predicted molar refractivity (Wildman–Crippen MR) is 92.0 cm³/mol. The summed E-state index contributed by atoms with van der Waals surface area (Å²) in [5.41, 5.74) is 1.05. The third kappa shape index (κ3) is 5.21. The van der Waals surface area contributed by atoms with Gasteiger partial charge in [-0.25, -0.2) is 9.18 Å². The maximum absolute atomic E-state index is 13.5. The Morgan fingerprint density at radius 3 is 2.84 bits per heavy atom. The molecule has 0 radical (unpaired) electrons. The molecule has 2 amide bonds. The molecule has 0 saturated carbocycles. The number of urea groups is 1. The number of amides is 2. The molecule has 1 heterocycles. The molecule has 2 rings (SSSR count). The largest absolute Gasteiger partial charge is 0.489 e. The number of ether oxygens (including phenoxy) is 1. The fourth-order valence-corrected chi connectivity index (χ4v) is 2.18. The molecule has 0 spiro atoms. The van der Waals surface area contributed by atoms with E-state index in [1.54, 1.807) is 10.7 Å². The molecule has 2 aromatic rings. The first-order valence-corrected chi connectivity index (χ1v) is 7.84. The van der Waals surface area contributed by atoms with Crippen LogP contribution in [0.1, 0.15) is 26.0 Å². The maximum atomic E-state index is 13.5. The molecule has 0 aliphatic heterocycles. The Bertz CT molecular complexity index is 795. The minimum atomic E-state index is -0.566. The van der Waals surface area contributed by atoms with E-state index >= 15 is 0 Å². The first-order valence-electron chi connectivity index (χ1n) is 7.84. The number of carbonyl (C=O) groups excluding carboxylic acids is 1. The number of aryl methyl sites for hydroxylation is 2. The minimum absolute atomic E-state index is 0.118. The van der Waals surface area contributed by atoms with Crippen LogP contribution in [0.25, 0.3) is 0 Å². The lowest BCUT2D eigenvalue weighted by Gasteiger charge is -2.15. The SMILES string of the molecule is Cc1cc(NC(=O)Nc2cc(F)ccc2OC(C)C)nn1CCC#N. The highest BCUT2D eigenvalue weighted by molar-refractivity contribution is 6.00. The Labute approximate surface area is 145 Å². The zero-order valence-corrected chi connectivity index (χ0v) is 14.3. The number of rotatable bonds is 6. The van der Waals surface area contributed by atoms with Crippen molar-refractivity contribution < 1.29 is 13.9 Å². The fraction of sp³-hybridized carbons (Fsp3) is 0.353. The van der Waals surface area contributed by atoms with Gasteiger partial charge in [-0.05, 0) is 32.9 Å². The summed E-state index contributed by atoms with van der Waals surface area (Å²) in [6.07, 6.45) is 0.209. The average Bonchev–Trinajstić information content (AvgIpc) is 2.87. The third-order valence-corrected chi connectivity index (χ3v) is 3.21. The number of anilines is 2. The zero-order chi connectivity index (χ0) is 18.4. The second-order valence-electron chi connectivity index (χ2n) is 5.69. The van der Waals surface area contributed by atoms with Gasteiger partial charge < -0.3 is 10.1 Å². The standard InChI is InChI=1S/C17H20FN5O2/c1-11(2)25-15-6-5-13(18)10-14(15)20-17(24)21-16-9-12(3)23(22-16)8-4-7-19/h5-6,9-11H,4,8H2,1-3H3,(H2,20,21,22,24). The van der Waals surface area contributed by atoms with Crippen LogP contribution in [-0.4, -0.2) is 21.9 Å². The van der Waals surface area contributed by atoms with E-state index in [2.05, 4.69) is 15.7 Å². The van der Waals surface area contributed by atoms with E-state index in [9.17, 15) is 9.18 Å². The highest BCUT2D eigenvalue weighted by Crippen LogP contribution is 2.26. The lowest BCUT2D eigenvalue weighted by molar-refractivity contribution is 0.242. The number of aromatic nitrogens is 2. The van der Waals surface area contributed by atoms with Crippen molar-refractivity contribution in [1.82, 2.24) is 9.78 Å². The van der Waals surface area contributed by atoms with E-state index in [0.29, 0.717) is 24.5 Å². The van der Waals surface area contributed by atoms with Gasteiger partial charge in [-0.2, -0.15) is 10.4 Å². The summed E-state index contributed by atoms with van der Waals surface area (Å²) in [7, 11) is 0. The maximum Gasteiger partial charge on any atom is 0.325 e. The van der Waals surface area contributed by atoms with Crippen molar-refractivity contribution >= 4 is 17.5 Å². The number of carbonyl (C=O) groups is 1. The fourth-order valence-electron chi connectivity index (χ4n) is 2.18. The van der Waals surface area contributed by atoms with E-state index in [0.717, 1.165) is 5.69 Å². The first kappa shape index (κ1) is 18.3. The molecule has 25 heavy (non-hydrogen) atoms. The van der Waals surface area contributed by atoms with Crippen molar-refractivity contribution in [3.05, 3.63) is 35.8 Å². The molecule has 7 nitrogen and oxygen atoms in total. The van der Waals surface area contributed by atoms with Gasteiger partial charge in [0.15, 0.2) is 5.82 Å². The monoisotopic (exact) mass is 345 g/mol. The molecule has 0 aliphatic carbocycles. The molecule has 0 atom stereocenters. The molecular weight excluding hydrogens is 325 g/mol. The average molecular weight is 345 g/mol. The van der Waals surface area contributed by atoms with Gasteiger partial charge in [0.25, 0.3) is 0 Å². The molecule has 132 valence electrons. The Hall–Kier alpha value is -3.08. The predicted octanol–water partition coefficient (Wildman–Crippen LogP) is 3.68. The van der Waals surface area contributed by atoms with Crippen molar-refractivity contribution in [2.24, 2.45) is 0 Å². The number of nitrogens with one attached hydrogen (secondary N) is 2. The summed E-state index contributed by atoms with van der Waals surface area (Å²) in [6, 6.07) is 7.08. The van der Waals surface area contributed by atoms with Crippen LogP contribution in [0.5, 0.6) is 5.75 Å². The van der Waals surface area contributed by atoms with Gasteiger partial charge in [-0.15, -0.1) is 0 Å².